The minimum atomic E-state index is 0.899. The molecule has 2 aromatic rings. The second kappa shape index (κ2) is 4.37. The number of nitrogens with one attached hydrogen (secondary N) is 1. The van der Waals surface area contributed by atoms with Crippen LogP contribution in [0.4, 0.5) is 0 Å². The molecule has 0 aliphatic rings. The summed E-state index contributed by atoms with van der Waals surface area (Å²) in [4.78, 5) is 4.08. The molecule has 0 saturated heterocycles. The number of aromatic amines is 1. The molecule has 72 valence electrons. The third kappa shape index (κ3) is 2.42. The molecule has 2 rings (SSSR count). The number of rotatable bonds is 3. The van der Waals surface area contributed by atoms with Crippen molar-refractivity contribution < 1.29 is 0 Å². The topological polar surface area (TPSA) is 41.6 Å². The van der Waals surface area contributed by atoms with Crippen LogP contribution in [0.25, 0.3) is 0 Å². The van der Waals surface area contributed by atoms with Gasteiger partial charge in [0.25, 0.3) is 0 Å². The summed E-state index contributed by atoms with van der Waals surface area (Å²) in [6.45, 7) is 0. The van der Waals surface area contributed by atoms with Crippen molar-refractivity contribution in [3.63, 3.8) is 0 Å². The second-order valence-electron chi connectivity index (χ2n) is 3.06. The Balaban J connectivity index is 1.98. The fourth-order valence-electron chi connectivity index (χ4n) is 1.31. The average Bonchev–Trinajstić information content (AvgIpc) is 2.67. The molecule has 1 N–H and O–H groups in total. The molecule has 0 bridgehead atoms. The first-order valence-electron chi connectivity index (χ1n) is 4.43. The summed E-state index contributed by atoms with van der Waals surface area (Å²) < 4.78 is 1.12. The Morgan fingerprint density at radius 3 is 2.93 bits per heavy atom. The van der Waals surface area contributed by atoms with Gasteiger partial charge in [-0.3, -0.25) is 5.10 Å². The van der Waals surface area contributed by atoms with Crippen molar-refractivity contribution in [2.24, 2.45) is 0 Å². The number of hydrogen-bond acceptors (Lipinski definition) is 2. The standard InChI is InChI=1S/C10H10BrN3/c11-9-3-1-2-8(6-9)4-5-10-12-7-13-14-10/h1-3,6-7H,4-5H2,(H,12,13,14). The van der Waals surface area contributed by atoms with Crippen LogP contribution in [0.5, 0.6) is 0 Å². The SMILES string of the molecule is Brc1cccc(CCc2ncn[nH]2)c1. The lowest BCUT2D eigenvalue weighted by Crippen LogP contribution is -1.93. The predicted molar refractivity (Wildman–Crippen MR) is 57.9 cm³/mol. The highest BCUT2D eigenvalue weighted by atomic mass is 79.9. The van der Waals surface area contributed by atoms with Crippen molar-refractivity contribution in [2.45, 2.75) is 12.8 Å². The number of hydrogen-bond donors (Lipinski definition) is 1. The van der Waals surface area contributed by atoms with Gasteiger partial charge in [0.1, 0.15) is 12.2 Å². The highest BCUT2D eigenvalue weighted by molar-refractivity contribution is 9.10. The molecule has 0 aliphatic heterocycles. The number of aromatic nitrogens is 3. The molecule has 0 unspecified atom stereocenters. The van der Waals surface area contributed by atoms with Crippen molar-refractivity contribution in [1.29, 1.82) is 0 Å². The van der Waals surface area contributed by atoms with E-state index in [2.05, 4.69) is 43.2 Å². The number of benzene rings is 1. The van der Waals surface area contributed by atoms with Gasteiger partial charge in [0.15, 0.2) is 0 Å². The van der Waals surface area contributed by atoms with Gasteiger partial charge in [-0.1, -0.05) is 28.1 Å². The average molecular weight is 252 g/mol. The zero-order valence-corrected chi connectivity index (χ0v) is 9.16. The number of halogens is 1. The quantitative estimate of drug-likeness (QED) is 0.910. The monoisotopic (exact) mass is 251 g/mol. The van der Waals surface area contributed by atoms with Crippen molar-refractivity contribution in [2.75, 3.05) is 0 Å². The summed E-state index contributed by atoms with van der Waals surface area (Å²) in [6, 6.07) is 8.30. The van der Waals surface area contributed by atoms with Crippen LogP contribution in [0, 0.1) is 0 Å². The minimum absolute atomic E-state index is 0.899. The van der Waals surface area contributed by atoms with Gasteiger partial charge in [-0.2, -0.15) is 5.10 Å². The summed E-state index contributed by atoms with van der Waals surface area (Å²) >= 11 is 3.45. The molecule has 3 nitrogen and oxygen atoms in total. The maximum atomic E-state index is 4.08. The van der Waals surface area contributed by atoms with E-state index in [1.54, 1.807) is 0 Å². The van der Waals surface area contributed by atoms with Gasteiger partial charge >= 0.3 is 0 Å². The van der Waals surface area contributed by atoms with Gasteiger partial charge in [-0.05, 0) is 24.1 Å². The van der Waals surface area contributed by atoms with Crippen LogP contribution in [-0.4, -0.2) is 15.2 Å². The second-order valence-corrected chi connectivity index (χ2v) is 3.98. The smallest absolute Gasteiger partial charge is 0.137 e. The van der Waals surface area contributed by atoms with Crippen LogP contribution in [0.2, 0.25) is 0 Å². The lowest BCUT2D eigenvalue weighted by atomic mass is 10.1. The molecule has 0 saturated carbocycles. The third-order valence-corrected chi connectivity index (χ3v) is 2.50. The molecule has 0 atom stereocenters. The van der Waals surface area contributed by atoms with Crippen LogP contribution in [-0.2, 0) is 12.8 Å². The zero-order chi connectivity index (χ0) is 9.80. The summed E-state index contributed by atoms with van der Waals surface area (Å²) in [5.74, 6) is 0.935. The Morgan fingerprint density at radius 2 is 2.21 bits per heavy atom. The summed E-state index contributed by atoms with van der Waals surface area (Å²) in [7, 11) is 0. The first kappa shape index (κ1) is 9.40. The highest BCUT2D eigenvalue weighted by Gasteiger charge is 1.98. The fraction of sp³-hybridized carbons (Fsp3) is 0.200. The van der Waals surface area contributed by atoms with Crippen LogP contribution in [0.1, 0.15) is 11.4 Å². The van der Waals surface area contributed by atoms with E-state index in [9.17, 15) is 0 Å². The Kier molecular flexibility index (Phi) is 2.93. The van der Waals surface area contributed by atoms with E-state index in [-0.39, 0.29) is 0 Å². The van der Waals surface area contributed by atoms with Gasteiger partial charge in [-0.25, -0.2) is 4.98 Å². The molecule has 1 aromatic heterocycles. The summed E-state index contributed by atoms with van der Waals surface area (Å²) in [5.41, 5.74) is 1.30. The van der Waals surface area contributed by atoms with Gasteiger partial charge in [0, 0.05) is 10.9 Å². The van der Waals surface area contributed by atoms with E-state index in [0.717, 1.165) is 23.1 Å². The molecule has 0 spiro atoms. The molecule has 4 heteroatoms. The summed E-state index contributed by atoms with van der Waals surface area (Å²) in [6.07, 6.45) is 3.42. The Morgan fingerprint density at radius 1 is 1.29 bits per heavy atom. The Bertz CT molecular complexity index is 398. The fourth-order valence-corrected chi connectivity index (χ4v) is 1.75. The number of aryl methyl sites for hydroxylation is 2. The van der Waals surface area contributed by atoms with E-state index in [1.165, 1.54) is 11.9 Å². The van der Waals surface area contributed by atoms with E-state index in [0.29, 0.717) is 0 Å². The zero-order valence-electron chi connectivity index (χ0n) is 7.57. The lowest BCUT2D eigenvalue weighted by molar-refractivity contribution is 0.864. The number of nitrogens with zero attached hydrogens (tertiary/aromatic N) is 2. The van der Waals surface area contributed by atoms with Crippen molar-refractivity contribution in [3.05, 3.63) is 46.5 Å². The van der Waals surface area contributed by atoms with Crippen molar-refractivity contribution in [1.82, 2.24) is 15.2 Å². The van der Waals surface area contributed by atoms with E-state index >= 15 is 0 Å². The van der Waals surface area contributed by atoms with Crippen LogP contribution < -0.4 is 0 Å². The molecule has 0 aliphatic carbocycles. The van der Waals surface area contributed by atoms with Gasteiger partial charge in [0.05, 0.1) is 0 Å². The first-order valence-corrected chi connectivity index (χ1v) is 5.22. The van der Waals surface area contributed by atoms with Crippen molar-refractivity contribution >= 4 is 15.9 Å². The lowest BCUT2D eigenvalue weighted by Gasteiger charge is -1.99. The molecule has 0 fully saturated rings. The number of H-pyrrole nitrogens is 1. The van der Waals surface area contributed by atoms with Crippen LogP contribution in [0.15, 0.2) is 35.1 Å². The van der Waals surface area contributed by atoms with Gasteiger partial charge in [0.2, 0.25) is 0 Å². The van der Waals surface area contributed by atoms with E-state index in [1.807, 2.05) is 12.1 Å². The third-order valence-electron chi connectivity index (χ3n) is 2.00. The largest absolute Gasteiger partial charge is 0.263 e. The molecule has 1 heterocycles. The molecule has 0 radical (unpaired) electrons. The van der Waals surface area contributed by atoms with Crippen LogP contribution >= 0.6 is 15.9 Å². The first-order chi connectivity index (χ1) is 6.84. The van der Waals surface area contributed by atoms with Crippen LogP contribution in [0.3, 0.4) is 0 Å². The predicted octanol–water partition coefficient (Wildman–Crippen LogP) is 2.35. The molecule has 1 aromatic carbocycles. The Labute approximate surface area is 90.7 Å². The minimum Gasteiger partial charge on any atom is -0.263 e. The van der Waals surface area contributed by atoms with Crippen molar-refractivity contribution in [3.8, 4) is 0 Å². The summed E-state index contributed by atoms with van der Waals surface area (Å²) in [5, 5.41) is 6.66. The highest BCUT2D eigenvalue weighted by Crippen LogP contribution is 2.12. The maximum Gasteiger partial charge on any atom is 0.137 e. The van der Waals surface area contributed by atoms with E-state index in [4.69, 9.17) is 0 Å². The van der Waals surface area contributed by atoms with Gasteiger partial charge in [-0.15, -0.1) is 0 Å². The van der Waals surface area contributed by atoms with E-state index < -0.39 is 0 Å². The molecular weight excluding hydrogens is 242 g/mol. The molecule has 14 heavy (non-hydrogen) atoms. The molecule has 0 amide bonds. The molecular formula is C10H10BrN3. The van der Waals surface area contributed by atoms with Gasteiger partial charge < -0.3 is 0 Å². The maximum absolute atomic E-state index is 4.08. The normalized spacial score (nSPS) is 10.4. The Hall–Kier alpha value is -1.16.